The molecule has 0 amide bonds. The molecule has 5 aromatic rings. The van der Waals surface area contributed by atoms with Crippen LogP contribution in [-0.2, 0) is 0 Å². The Hall–Kier alpha value is -2.74. The summed E-state index contributed by atoms with van der Waals surface area (Å²) in [6, 6.07) is 19.0. The Kier molecular flexibility index (Phi) is 1.92. The fraction of sp³-hybridized carbons (Fsp3) is 0.0526. The molecule has 0 unspecified atom stereocenters. The van der Waals surface area contributed by atoms with Crippen LogP contribution in [0.1, 0.15) is 5.56 Å². The number of aromatic amines is 1. The number of fused-ring (bicyclic) bond motifs is 7. The first-order chi connectivity index (χ1) is 10.3. The average Bonchev–Trinajstić information content (AvgIpc) is 3.04. The van der Waals surface area contributed by atoms with E-state index in [1.807, 2.05) is 12.1 Å². The Labute approximate surface area is 121 Å². The summed E-state index contributed by atoms with van der Waals surface area (Å²) in [7, 11) is 0. The molecule has 0 atom stereocenters. The van der Waals surface area contributed by atoms with E-state index in [0.29, 0.717) is 0 Å². The highest BCUT2D eigenvalue weighted by Crippen LogP contribution is 2.37. The zero-order valence-corrected chi connectivity index (χ0v) is 11.6. The number of benzene rings is 3. The van der Waals surface area contributed by atoms with Gasteiger partial charge in [0.25, 0.3) is 0 Å². The minimum absolute atomic E-state index is 0.946. The number of nitrogens with one attached hydrogen (secondary N) is 1. The van der Waals surface area contributed by atoms with Crippen molar-refractivity contribution in [2.75, 3.05) is 0 Å². The Morgan fingerprint density at radius 3 is 2.62 bits per heavy atom. The molecule has 3 aromatic carbocycles. The van der Waals surface area contributed by atoms with Crippen molar-refractivity contribution in [1.82, 2.24) is 4.98 Å². The van der Waals surface area contributed by atoms with E-state index < -0.39 is 0 Å². The smallest absolute Gasteiger partial charge is 0.145 e. The Balaban J connectivity index is 2.11. The fourth-order valence-electron chi connectivity index (χ4n) is 3.28. The lowest BCUT2D eigenvalue weighted by Crippen LogP contribution is -1.72. The van der Waals surface area contributed by atoms with Crippen molar-refractivity contribution in [2.45, 2.75) is 6.92 Å². The molecule has 0 aliphatic carbocycles. The van der Waals surface area contributed by atoms with Crippen LogP contribution in [0.2, 0.25) is 0 Å². The largest absolute Gasteiger partial charge is 0.455 e. The van der Waals surface area contributed by atoms with Crippen LogP contribution < -0.4 is 0 Å². The maximum absolute atomic E-state index is 6.15. The molecule has 2 aromatic heterocycles. The highest BCUT2D eigenvalue weighted by atomic mass is 16.3. The third-order valence-electron chi connectivity index (χ3n) is 4.26. The van der Waals surface area contributed by atoms with Crippen LogP contribution in [0.4, 0.5) is 0 Å². The zero-order chi connectivity index (χ0) is 14.0. The third kappa shape index (κ3) is 1.37. The predicted molar refractivity (Wildman–Crippen MR) is 87.8 cm³/mol. The van der Waals surface area contributed by atoms with E-state index >= 15 is 0 Å². The summed E-state index contributed by atoms with van der Waals surface area (Å²) < 4.78 is 6.15. The molecule has 0 bridgehead atoms. The molecule has 0 radical (unpaired) electrons. The van der Waals surface area contributed by atoms with Crippen molar-refractivity contribution >= 4 is 43.7 Å². The standard InChI is InChI=1S/C19H13NO/c1-11-6-8-15-14(10-11)18-16(20-15)9-7-13-12-4-2-3-5-17(12)21-19(13)18/h2-10,20H,1H3. The number of furan rings is 1. The van der Waals surface area contributed by atoms with E-state index in [4.69, 9.17) is 4.42 Å². The maximum Gasteiger partial charge on any atom is 0.145 e. The van der Waals surface area contributed by atoms with Gasteiger partial charge in [0.2, 0.25) is 0 Å². The van der Waals surface area contributed by atoms with Gasteiger partial charge in [-0.3, -0.25) is 0 Å². The Bertz CT molecular complexity index is 1140. The number of aromatic nitrogens is 1. The summed E-state index contributed by atoms with van der Waals surface area (Å²) in [5.74, 6) is 0. The molecule has 100 valence electrons. The van der Waals surface area contributed by atoms with Crippen molar-refractivity contribution in [3.05, 3.63) is 60.2 Å². The van der Waals surface area contributed by atoms with Gasteiger partial charge in [0.15, 0.2) is 0 Å². The number of para-hydroxylation sites is 1. The van der Waals surface area contributed by atoms with Crippen molar-refractivity contribution in [3.63, 3.8) is 0 Å². The highest BCUT2D eigenvalue weighted by molar-refractivity contribution is 6.22. The molecule has 2 heteroatoms. The molecule has 0 saturated heterocycles. The van der Waals surface area contributed by atoms with E-state index in [0.717, 1.165) is 22.2 Å². The van der Waals surface area contributed by atoms with E-state index in [1.165, 1.54) is 27.1 Å². The lowest BCUT2D eigenvalue weighted by atomic mass is 10.1. The predicted octanol–water partition coefficient (Wildman–Crippen LogP) is 5.53. The quantitative estimate of drug-likeness (QED) is 0.394. The SMILES string of the molecule is Cc1ccc2[nH]c3ccc4c5ccccc5oc4c3c2c1. The van der Waals surface area contributed by atoms with Crippen LogP contribution in [0.3, 0.4) is 0 Å². The van der Waals surface area contributed by atoms with E-state index in [1.54, 1.807) is 0 Å². The Morgan fingerprint density at radius 1 is 0.810 bits per heavy atom. The lowest BCUT2D eigenvalue weighted by molar-refractivity contribution is 0.673. The second kappa shape index (κ2) is 3.67. The molecule has 0 aliphatic rings. The zero-order valence-electron chi connectivity index (χ0n) is 11.6. The number of hydrogen-bond acceptors (Lipinski definition) is 1. The second-order valence-electron chi connectivity index (χ2n) is 5.64. The summed E-state index contributed by atoms with van der Waals surface area (Å²) in [5, 5.41) is 4.77. The van der Waals surface area contributed by atoms with Gasteiger partial charge < -0.3 is 9.40 Å². The summed E-state index contributed by atoms with van der Waals surface area (Å²) in [6.45, 7) is 2.12. The molecule has 0 fully saturated rings. The second-order valence-corrected chi connectivity index (χ2v) is 5.64. The maximum atomic E-state index is 6.15. The van der Waals surface area contributed by atoms with Crippen LogP contribution >= 0.6 is 0 Å². The van der Waals surface area contributed by atoms with Gasteiger partial charge in [-0.2, -0.15) is 0 Å². The van der Waals surface area contributed by atoms with Gasteiger partial charge in [-0.05, 0) is 37.3 Å². The van der Waals surface area contributed by atoms with Gasteiger partial charge in [-0.1, -0.05) is 29.8 Å². The van der Waals surface area contributed by atoms with Crippen LogP contribution in [0.25, 0.3) is 43.7 Å². The first kappa shape index (κ1) is 11.0. The molecular formula is C19H13NO. The first-order valence-corrected chi connectivity index (χ1v) is 7.13. The minimum Gasteiger partial charge on any atom is -0.455 e. The fourth-order valence-corrected chi connectivity index (χ4v) is 3.28. The first-order valence-electron chi connectivity index (χ1n) is 7.13. The van der Waals surface area contributed by atoms with Gasteiger partial charge in [-0.15, -0.1) is 0 Å². The van der Waals surface area contributed by atoms with Gasteiger partial charge in [-0.25, -0.2) is 0 Å². The molecule has 0 saturated carbocycles. The molecule has 2 nitrogen and oxygen atoms in total. The van der Waals surface area contributed by atoms with Crippen molar-refractivity contribution in [1.29, 1.82) is 0 Å². The monoisotopic (exact) mass is 271 g/mol. The number of rotatable bonds is 0. The number of H-pyrrole nitrogens is 1. The van der Waals surface area contributed by atoms with Crippen molar-refractivity contribution in [3.8, 4) is 0 Å². The highest BCUT2D eigenvalue weighted by Gasteiger charge is 2.13. The van der Waals surface area contributed by atoms with Gasteiger partial charge in [0, 0.05) is 21.7 Å². The molecular weight excluding hydrogens is 258 g/mol. The van der Waals surface area contributed by atoms with Crippen LogP contribution in [0.5, 0.6) is 0 Å². The van der Waals surface area contributed by atoms with E-state index in [-0.39, 0.29) is 0 Å². The topological polar surface area (TPSA) is 28.9 Å². The van der Waals surface area contributed by atoms with Crippen LogP contribution in [0.15, 0.2) is 59.0 Å². The van der Waals surface area contributed by atoms with Crippen LogP contribution in [-0.4, -0.2) is 4.98 Å². The summed E-state index contributed by atoms with van der Waals surface area (Å²) >= 11 is 0. The third-order valence-corrected chi connectivity index (χ3v) is 4.26. The van der Waals surface area contributed by atoms with Gasteiger partial charge >= 0.3 is 0 Å². The molecule has 1 N–H and O–H groups in total. The van der Waals surface area contributed by atoms with E-state index in [2.05, 4.69) is 54.4 Å². The lowest BCUT2D eigenvalue weighted by Gasteiger charge is -1.95. The average molecular weight is 271 g/mol. The molecule has 21 heavy (non-hydrogen) atoms. The van der Waals surface area contributed by atoms with Gasteiger partial charge in [0.1, 0.15) is 11.2 Å². The summed E-state index contributed by atoms with van der Waals surface area (Å²) in [5.41, 5.74) is 5.47. The minimum atomic E-state index is 0.946. The van der Waals surface area contributed by atoms with Crippen molar-refractivity contribution in [2.24, 2.45) is 0 Å². The van der Waals surface area contributed by atoms with E-state index in [9.17, 15) is 0 Å². The number of hydrogen-bond donors (Lipinski definition) is 1. The number of aryl methyl sites for hydroxylation is 1. The normalized spacial score (nSPS) is 12.0. The molecule has 2 heterocycles. The van der Waals surface area contributed by atoms with Crippen molar-refractivity contribution < 1.29 is 4.42 Å². The Morgan fingerprint density at radius 2 is 1.67 bits per heavy atom. The summed E-state index contributed by atoms with van der Waals surface area (Å²) in [4.78, 5) is 3.48. The van der Waals surface area contributed by atoms with Crippen LogP contribution in [0, 0.1) is 6.92 Å². The molecule has 0 aliphatic heterocycles. The molecule has 0 spiro atoms. The summed E-state index contributed by atoms with van der Waals surface area (Å²) in [6.07, 6.45) is 0. The molecule has 5 rings (SSSR count). The van der Waals surface area contributed by atoms with Gasteiger partial charge in [0.05, 0.1) is 10.9 Å².